The zero-order chi connectivity index (χ0) is 13.0. The van der Waals surface area contributed by atoms with Gasteiger partial charge in [0.25, 0.3) is 0 Å². The number of aliphatic hydroxyl groups excluding tert-OH is 1. The van der Waals surface area contributed by atoms with E-state index >= 15 is 0 Å². The number of rotatable bonds is 4. The van der Waals surface area contributed by atoms with Crippen molar-refractivity contribution in [2.45, 2.75) is 29.2 Å². The summed E-state index contributed by atoms with van der Waals surface area (Å²) >= 11 is 5.16. The third kappa shape index (κ3) is 3.37. The predicted octanol–water partition coefficient (Wildman–Crippen LogP) is 5.04. The molecular formula is C15H15BrOS. The number of benzene rings is 2. The average molecular weight is 323 g/mol. The Morgan fingerprint density at radius 1 is 1.17 bits per heavy atom. The van der Waals surface area contributed by atoms with Gasteiger partial charge in [-0.1, -0.05) is 58.9 Å². The van der Waals surface area contributed by atoms with Crippen LogP contribution in [-0.4, -0.2) is 5.11 Å². The summed E-state index contributed by atoms with van der Waals surface area (Å²) in [6.45, 7) is 1.99. The monoisotopic (exact) mass is 322 g/mol. The summed E-state index contributed by atoms with van der Waals surface area (Å²) in [4.78, 5) is 2.28. The molecule has 1 atom stereocenters. The molecule has 0 saturated heterocycles. The molecule has 0 aliphatic carbocycles. The van der Waals surface area contributed by atoms with E-state index in [2.05, 4.69) is 34.1 Å². The maximum atomic E-state index is 10.0. The van der Waals surface area contributed by atoms with Crippen LogP contribution in [0, 0.1) is 0 Å². The number of hydrogen-bond donors (Lipinski definition) is 1. The van der Waals surface area contributed by atoms with Crippen molar-refractivity contribution in [2.75, 3.05) is 0 Å². The highest BCUT2D eigenvalue weighted by molar-refractivity contribution is 9.10. The van der Waals surface area contributed by atoms with Crippen molar-refractivity contribution in [1.29, 1.82) is 0 Å². The Kier molecular flexibility index (Phi) is 4.87. The smallest absolute Gasteiger partial charge is 0.0798 e. The molecule has 0 fully saturated rings. The van der Waals surface area contributed by atoms with Crippen LogP contribution >= 0.6 is 27.7 Å². The summed E-state index contributed by atoms with van der Waals surface area (Å²) in [6, 6.07) is 16.2. The second-order valence-corrected chi connectivity index (χ2v) is 6.05. The molecule has 94 valence electrons. The minimum absolute atomic E-state index is 0.388. The van der Waals surface area contributed by atoms with Crippen molar-refractivity contribution < 1.29 is 5.11 Å². The van der Waals surface area contributed by atoms with E-state index in [1.807, 2.05) is 37.3 Å². The zero-order valence-electron chi connectivity index (χ0n) is 10.1. The van der Waals surface area contributed by atoms with Gasteiger partial charge in [-0.05, 0) is 36.2 Å². The van der Waals surface area contributed by atoms with Gasteiger partial charge in [0.05, 0.1) is 6.10 Å². The minimum atomic E-state index is -0.388. The Labute approximate surface area is 120 Å². The normalized spacial score (nSPS) is 12.4. The molecule has 0 saturated carbocycles. The summed E-state index contributed by atoms with van der Waals surface area (Å²) < 4.78 is 1.07. The third-order valence-corrected chi connectivity index (χ3v) is 4.26. The Hall–Kier alpha value is -0.770. The second-order valence-electron chi connectivity index (χ2n) is 4.02. The van der Waals surface area contributed by atoms with Crippen LogP contribution in [0.5, 0.6) is 0 Å². The first-order valence-corrected chi connectivity index (χ1v) is 7.52. The van der Waals surface area contributed by atoms with Gasteiger partial charge in [0, 0.05) is 14.3 Å². The van der Waals surface area contributed by atoms with E-state index in [4.69, 9.17) is 0 Å². The first-order valence-electron chi connectivity index (χ1n) is 5.91. The molecule has 18 heavy (non-hydrogen) atoms. The second kappa shape index (κ2) is 6.41. The van der Waals surface area contributed by atoms with Crippen LogP contribution < -0.4 is 0 Å². The van der Waals surface area contributed by atoms with Crippen LogP contribution in [0.25, 0.3) is 0 Å². The molecule has 2 aromatic rings. The molecule has 0 amide bonds. The molecule has 0 spiro atoms. The van der Waals surface area contributed by atoms with Crippen LogP contribution in [-0.2, 0) is 0 Å². The van der Waals surface area contributed by atoms with Crippen LogP contribution in [0.15, 0.2) is 62.8 Å². The van der Waals surface area contributed by atoms with Crippen molar-refractivity contribution in [3.63, 3.8) is 0 Å². The molecule has 0 aromatic heterocycles. The number of hydrogen-bond acceptors (Lipinski definition) is 2. The summed E-state index contributed by atoms with van der Waals surface area (Å²) in [7, 11) is 0. The largest absolute Gasteiger partial charge is 0.388 e. The third-order valence-electron chi connectivity index (χ3n) is 2.69. The van der Waals surface area contributed by atoms with Gasteiger partial charge in [0.1, 0.15) is 0 Å². The van der Waals surface area contributed by atoms with Crippen molar-refractivity contribution in [2.24, 2.45) is 0 Å². The van der Waals surface area contributed by atoms with Gasteiger partial charge < -0.3 is 5.11 Å². The van der Waals surface area contributed by atoms with Crippen LogP contribution in [0.4, 0.5) is 0 Å². The first kappa shape index (κ1) is 13.7. The number of aliphatic hydroxyl groups is 1. The Morgan fingerprint density at radius 3 is 2.67 bits per heavy atom. The van der Waals surface area contributed by atoms with Gasteiger partial charge in [-0.15, -0.1) is 0 Å². The van der Waals surface area contributed by atoms with E-state index in [9.17, 15) is 5.11 Å². The predicted molar refractivity (Wildman–Crippen MR) is 80.0 cm³/mol. The maximum Gasteiger partial charge on any atom is 0.0798 e. The standard InChI is InChI=1S/C15H15BrOS/c1-2-14(17)13-8-3-4-9-15(13)18-12-7-5-6-11(16)10-12/h3-10,14,17H,2H2,1H3/t14-/m1/s1. The average Bonchev–Trinajstić information content (AvgIpc) is 2.38. The lowest BCUT2D eigenvalue weighted by atomic mass is 10.1. The number of halogens is 1. The zero-order valence-corrected chi connectivity index (χ0v) is 12.5. The van der Waals surface area contributed by atoms with E-state index in [-0.39, 0.29) is 6.10 Å². The molecule has 1 nitrogen and oxygen atoms in total. The fraction of sp³-hybridized carbons (Fsp3) is 0.200. The summed E-state index contributed by atoms with van der Waals surface area (Å²) in [5.74, 6) is 0. The van der Waals surface area contributed by atoms with Crippen molar-refractivity contribution >= 4 is 27.7 Å². The van der Waals surface area contributed by atoms with Crippen LogP contribution in [0.2, 0.25) is 0 Å². The summed E-state index contributed by atoms with van der Waals surface area (Å²) in [6.07, 6.45) is 0.344. The van der Waals surface area contributed by atoms with Crippen LogP contribution in [0.1, 0.15) is 25.0 Å². The van der Waals surface area contributed by atoms with E-state index < -0.39 is 0 Å². The van der Waals surface area contributed by atoms with Gasteiger partial charge in [0.15, 0.2) is 0 Å². The molecule has 0 unspecified atom stereocenters. The lowest BCUT2D eigenvalue weighted by Gasteiger charge is -2.13. The Morgan fingerprint density at radius 2 is 1.94 bits per heavy atom. The molecule has 0 radical (unpaired) electrons. The maximum absolute atomic E-state index is 10.0. The van der Waals surface area contributed by atoms with Gasteiger partial charge in [-0.3, -0.25) is 0 Å². The van der Waals surface area contributed by atoms with Gasteiger partial charge in [0.2, 0.25) is 0 Å². The quantitative estimate of drug-likeness (QED) is 0.850. The van der Waals surface area contributed by atoms with Gasteiger partial charge >= 0.3 is 0 Å². The highest BCUT2D eigenvalue weighted by Gasteiger charge is 2.10. The molecule has 2 aromatic carbocycles. The molecular weight excluding hydrogens is 308 g/mol. The van der Waals surface area contributed by atoms with E-state index in [1.54, 1.807) is 11.8 Å². The van der Waals surface area contributed by atoms with E-state index in [1.165, 1.54) is 4.90 Å². The fourth-order valence-electron chi connectivity index (χ4n) is 1.73. The molecule has 0 heterocycles. The molecule has 1 N–H and O–H groups in total. The van der Waals surface area contributed by atoms with Gasteiger partial charge in [-0.25, -0.2) is 0 Å². The highest BCUT2D eigenvalue weighted by Crippen LogP contribution is 2.34. The van der Waals surface area contributed by atoms with Crippen LogP contribution in [0.3, 0.4) is 0 Å². The lowest BCUT2D eigenvalue weighted by molar-refractivity contribution is 0.171. The Bertz CT molecular complexity index is 527. The topological polar surface area (TPSA) is 20.2 Å². The van der Waals surface area contributed by atoms with Crippen molar-refractivity contribution in [3.8, 4) is 0 Å². The Balaban J connectivity index is 2.29. The molecule has 0 aliphatic rings. The van der Waals surface area contributed by atoms with Crippen molar-refractivity contribution in [1.82, 2.24) is 0 Å². The molecule has 3 heteroatoms. The molecule has 0 bridgehead atoms. The minimum Gasteiger partial charge on any atom is -0.388 e. The van der Waals surface area contributed by atoms with Crippen molar-refractivity contribution in [3.05, 3.63) is 58.6 Å². The van der Waals surface area contributed by atoms with Gasteiger partial charge in [-0.2, -0.15) is 0 Å². The SMILES string of the molecule is CC[C@@H](O)c1ccccc1Sc1cccc(Br)c1. The van der Waals surface area contributed by atoms with E-state index in [0.29, 0.717) is 0 Å². The fourth-order valence-corrected chi connectivity index (χ4v) is 3.33. The molecule has 2 rings (SSSR count). The van der Waals surface area contributed by atoms with E-state index in [0.717, 1.165) is 21.4 Å². The first-order chi connectivity index (χ1) is 8.70. The molecule has 0 aliphatic heterocycles. The highest BCUT2D eigenvalue weighted by atomic mass is 79.9. The summed E-state index contributed by atoms with van der Waals surface area (Å²) in [5, 5.41) is 10.0. The summed E-state index contributed by atoms with van der Waals surface area (Å²) in [5.41, 5.74) is 1.00. The lowest BCUT2D eigenvalue weighted by Crippen LogP contribution is -1.96.